The van der Waals surface area contributed by atoms with E-state index >= 15 is 0 Å². The van der Waals surface area contributed by atoms with E-state index in [2.05, 4.69) is 11.2 Å². The van der Waals surface area contributed by atoms with Crippen LogP contribution in [0.4, 0.5) is 0 Å². The number of carbonyl (C=O) groups excluding carboxylic acids is 1. The van der Waals surface area contributed by atoms with Crippen LogP contribution >= 0.6 is 0 Å². The van der Waals surface area contributed by atoms with E-state index in [9.17, 15) is 4.79 Å². The fourth-order valence-corrected chi connectivity index (χ4v) is 0.882. The van der Waals surface area contributed by atoms with Crippen LogP contribution in [0.15, 0.2) is 12.3 Å². The SMILES string of the molecule is Cc1[c]ncc(C(=O)N(C)C)c1. The quantitative estimate of drug-likeness (QED) is 0.616. The van der Waals surface area contributed by atoms with Crippen LogP contribution < -0.4 is 0 Å². The summed E-state index contributed by atoms with van der Waals surface area (Å²) in [6, 6.07) is 1.77. The monoisotopic (exact) mass is 163 g/mol. The fourth-order valence-electron chi connectivity index (χ4n) is 0.882. The molecule has 63 valence electrons. The predicted octanol–water partition coefficient (Wildman–Crippen LogP) is 0.892. The number of amides is 1. The number of aromatic nitrogens is 1. The average Bonchev–Trinajstić information content (AvgIpc) is 2.03. The third-order valence-corrected chi connectivity index (χ3v) is 1.47. The minimum atomic E-state index is -0.0281. The first-order valence-corrected chi connectivity index (χ1v) is 3.67. The molecule has 1 rings (SSSR count). The topological polar surface area (TPSA) is 33.2 Å². The molecule has 3 nitrogen and oxygen atoms in total. The summed E-state index contributed by atoms with van der Waals surface area (Å²) in [6.07, 6.45) is 4.27. The Hall–Kier alpha value is -1.38. The van der Waals surface area contributed by atoms with Crippen molar-refractivity contribution in [1.29, 1.82) is 0 Å². The Morgan fingerprint density at radius 1 is 1.58 bits per heavy atom. The van der Waals surface area contributed by atoms with Crippen molar-refractivity contribution in [3.63, 3.8) is 0 Å². The summed E-state index contributed by atoms with van der Waals surface area (Å²) in [5.41, 5.74) is 1.49. The Morgan fingerprint density at radius 2 is 2.25 bits per heavy atom. The van der Waals surface area contributed by atoms with Crippen LogP contribution in [0.5, 0.6) is 0 Å². The fraction of sp³-hybridized carbons (Fsp3) is 0.333. The second kappa shape index (κ2) is 3.34. The molecule has 0 spiro atoms. The highest BCUT2D eigenvalue weighted by Gasteiger charge is 2.07. The van der Waals surface area contributed by atoms with Gasteiger partial charge in [0.05, 0.1) is 11.8 Å². The van der Waals surface area contributed by atoms with Gasteiger partial charge >= 0.3 is 0 Å². The van der Waals surface area contributed by atoms with Crippen LogP contribution in [0.25, 0.3) is 0 Å². The maximum atomic E-state index is 11.4. The number of aryl methyl sites for hydroxylation is 1. The molecule has 0 bridgehead atoms. The van der Waals surface area contributed by atoms with E-state index in [0.29, 0.717) is 5.56 Å². The molecule has 0 unspecified atom stereocenters. The summed E-state index contributed by atoms with van der Waals surface area (Å²) in [4.78, 5) is 16.7. The van der Waals surface area contributed by atoms with Gasteiger partial charge < -0.3 is 4.90 Å². The Bertz CT molecular complexity index is 294. The first-order chi connectivity index (χ1) is 5.61. The van der Waals surface area contributed by atoms with Gasteiger partial charge in [-0.3, -0.25) is 9.78 Å². The van der Waals surface area contributed by atoms with Crippen LogP contribution in [-0.4, -0.2) is 29.9 Å². The molecule has 1 aromatic heterocycles. The molecule has 0 N–H and O–H groups in total. The first-order valence-electron chi connectivity index (χ1n) is 3.67. The summed E-state index contributed by atoms with van der Waals surface area (Å²) in [5.74, 6) is -0.0281. The molecular weight excluding hydrogens is 152 g/mol. The Labute approximate surface area is 72.0 Å². The van der Waals surface area contributed by atoms with Crippen LogP contribution in [0.2, 0.25) is 0 Å². The molecular formula is C9H11N2O. The van der Waals surface area contributed by atoms with E-state index in [1.165, 1.54) is 11.1 Å². The zero-order valence-electron chi connectivity index (χ0n) is 7.46. The maximum absolute atomic E-state index is 11.4. The lowest BCUT2D eigenvalue weighted by Crippen LogP contribution is -2.21. The standard InChI is InChI=1S/C9H11N2O/c1-7-4-8(6-10-5-7)9(12)11(2)3/h4,6H,1-3H3. The van der Waals surface area contributed by atoms with Crippen molar-refractivity contribution in [2.45, 2.75) is 6.92 Å². The molecule has 1 radical (unpaired) electrons. The van der Waals surface area contributed by atoms with Gasteiger partial charge in [0.1, 0.15) is 0 Å². The number of pyridine rings is 1. The van der Waals surface area contributed by atoms with Gasteiger partial charge in [0, 0.05) is 20.3 Å². The van der Waals surface area contributed by atoms with Gasteiger partial charge in [-0.25, -0.2) is 0 Å². The molecule has 0 saturated heterocycles. The van der Waals surface area contributed by atoms with E-state index < -0.39 is 0 Å². The highest BCUT2D eigenvalue weighted by molar-refractivity contribution is 5.93. The largest absolute Gasteiger partial charge is 0.345 e. The van der Waals surface area contributed by atoms with Crippen molar-refractivity contribution in [2.24, 2.45) is 0 Å². The number of hydrogen-bond acceptors (Lipinski definition) is 2. The van der Waals surface area contributed by atoms with E-state index in [-0.39, 0.29) is 5.91 Å². The van der Waals surface area contributed by atoms with E-state index in [4.69, 9.17) is 0 Å². The second-order valence-corrected chi connectivity index (χ2v) is 2.85. The van der Waals surface area contributed by atoms with Gasteiger partial charge in [-0.15, -0.1) is 0 Å². The number of carbonyl (C=O) groups is 1. The third-order valence-electron chi connectivity index (χ3n) is 1.47. The summed E-state index contributed by atoms with van der Waals surface area (Å²) >= 11 is 0. The Balaban J connectivity index is 2.96. The molecule has 1 amide bonds. The van der Waals surface area contributed by atoms with E-state index in [1.807, 2.05) is 6.92 Å². The van der Waals surface area contributed by atoms with Gasteiger partial charge in [-0.2, -0.15) is 0 Å². The van der Waals surface area contributed by atoms with Crippen molar-refractivity contribution < 1.29 is 4.79 Å². The summed E-state index contributed by atoms with van der Waals surface area (Å²) in [6.45, 7) is 1.86. The Kier molecular flexibility index (Phi) is 2.43. The third kappa shape index (κ3) is 1.81. The molecule has 1 aromatic rings. The minimum Gasteiger partial charge on any atom is -0.345 e. The van der Waals surface area contributed by atoms with Gasteiger partial charge in [0.2, 0.25) is 0 Å². The number of nitrogens with zero attached hydrogens (tertiary/aromatic N) is 2. The summed E-state index contributed by atoms with van der Waals surface area (Å²) < 4.78 is 0. The van der Waals surface area contributed by atoms with Gasteiger partial charge in [-0.05, 0) is 18.6 Å². The maximum Gasteiger partial charge on any atom is 0.254 e. The average molecular weight is 163 g/mol. The van der Waals surface area contributed by atoms with Crippen molar-refractivity contribution in [3.05, 3.63) is 29.6 Å². The van der Waals surface area contributed by atoms with Crippen molar-refractivity contribution in [1.82, 2.24) is 9.88 Å². The summed E-state index contributed by atoms with van der Waals surface area (Å²) in [5, 5.41) is 0. The molecule has 0 aromatic carbocycles. The van der Waals surface area contributed by atoms with Gasteiger partial charge in [0.25, 0.3) is 5.91 Å². The number of hydrogen-bond donors (Lipinski definition) is 0. The molecule has 12 heavy (non-hydrogen) atoms. The van der Waals surface area contributed by atoms with Crippen molar-refractivity contribution in [2.75, 3.05) is 14.1 Å². The van der Waals surface area contributed by atoms with Crippen LogP contribution in [0.3, 0.4) is 0 Å². The second-order valence-electron chi connectivity index (χ2n) is 2.85. The normalized spacial score (nSPS) is 9.58. The van der Waals surface area contributed by atoms with E-state index in [1.54, 1.807) is 20.2 Å². The van der Waals surface area contributed by atoms with Gasteiger partial charge in [-0.1, -0.05) is 0 Å². The highest BCUT2D eigenvalue weighted by atomic mass is 16.2. The number of rotatable bonds is 1. The van der Waals surface area contributed by atoms with Crippen LogP contribution in [-0.2, 0) is 0 Å². The van der Waals surface area contributed by atoms with E-state index in [0.717, 1.165) is 5.56 Å². The van der Waals surface area contributed by atoms with Crippen LogP contribution in [0, 0.1) is 13.1 Å². The molecule has 0 fully saturated rings. The molecule has 0 aliphatic heterocycles. The lowest BCUT2D eigenvalue weighted by atomic mass is 10.2. The zero-order valence-corrected chi connectivity index (χ0v) is 7.46. The molecule has 0 aliphatic carbocycles. The molecule has 0 saturated carbocycles. The molecule has 0 atom stereocenters. The molecule has 0 aliphatic rings. The highest BCUT2D eigenvalue weighted by Crippen LogP contribution is 2.02. The van der Waals surface area contributed by atoms with Gasteiger partial charge in [0.15, 0.2) is 0 Å². The van der Waals surface area contributed by atoms with Crippen LogP contribution in [0.1, 0.15) is 15.9 Å². The predicted molar refractivity (Wildman–Crippen MR) is 45.8 cm³/mol. The Morgan fingerprint density at radius 3 is 2.75 bits per heavy atom. The lowest BCUT2D eigenvalue weighted by Gasteiger charge is -2.09. The first kappa shape index (κ1) is 8.71. The summed E-state index contributed by atoms with van der Waals surface area (Å²) in [7, 11) is 3.43. The van der Waals surface area contributed by atoms with Crippen molar-refractivity contribution in [3.8, 4) is 0 Å². The minimum absolute atomic E-state index is 0.0281. The lowest BCUT2D eigenvalue weighted by molar-refractivity contribution is 0.0827. The molecule has 1 heterocycles. The smallest absolute Gasteiger partial charge is 0.254 e. The zero-order chi connectivity index (χ0) is 9.14. The molecule has 3 heteroatoms. The van der Waals surface area contributed by atoms with Crippen molar-refractivity contribution >= 4 is 5.91 Å².